The second-order valence-electron chi connectivity index (χ2n) is 4.69. The lowest BCUT2D eigenvalue weighted by molar-refractivity contribution is 0.268. The number of thiazole rings is 1. The van der Waals surface area contributed by atoms with Gasteiger partial charge in [-0.1, -0.05) is 13.8 Å². The zero-order valence-corrected chi connectivity index (χ0v) is 13.4. The van der Waals surface area contributed by atoms with E-state index in [1.165, 1.54) is 0 Å². The van der Waals surface area contributed by atoms with Gasteiger partial charge in [0.1, 0.15) is 5.01 Å². The molecule has 0 aliphatic rings. The van der Waals surface area contributed by atoms with Gasteiger partial charge in [0.2, 0.25) is 0 Å². The second kappa shape index (κ2) is 8.00. The lowest BCUT2D eigenvalue weighted by atomic mass is 10.1. The van der Waals surface area contributed by atoms with Crippen LogP contribution in [0.5, 0.6) is 11.5 Å². The first kappa shape index (κ1) is 15.8. The first-order valence-corrected chi connectivity index (χ1v) is 8.21. The van der Waals surface area contributed by atoms with Gasteiger partial charge >= 0.3 is 0 Å². The van der Waals surface area contributed by atoms with Gasteiger partial charge in [0.15, 0.2) is 11.5 Å². The summed E-state index contributed by atoms with van der Waals surface area (Å²) < 4.78 is 11.5. The Balaban J connectivity index is 2.26. The van der Waals surface area contributed by atoms with Crippen LogP contribution < -0.4 is 15.2 Å². The van der Waals surface area contributed by atoms with Crippen LogP contribution in [-0.4, -0.2) is 18.2 Å². The number of hydrogen-bond donors (Lipinski definition) is 1. The third-order valence-corrected chi connectivity index (χ3v) is 3.76. The fraction of sp³-hybridized carbons (Fsp3) is 0.438. The Morgan fingerprint density at radius 3 is 2.43 bits per heavy atom. The number of hydrogen-bond acceptors (Lipinski definition) is 5. The lowest BCUT2D eigenvalue weighted by Crippen LogP contribution is -2.01. The Hall–Kier alpha value is -1.59. The lowest BCUT2D eigenvalue weighted by Gasteiger charge is -2.13. The minimum absolute atomic E-state index is 0.474. The van der Waals surface area contributed by atoms with Gasteiger partial charge < -0.3 is 15.2 Å². The summed E-state index contributed by atoms with van der Waals surface area (Å²) in [4.78, 5) is 4.51. The molecule has 4 nitrogen and oxygen atoms in total. The van der Waals surface area contributed by atoms with Crippen molar-refractivity contribution in [1.82, 2.24) is 4.98 Å². The summed E-state index contributed by atoms with van der Waals surface area (Å²) in [6, 6.07) is 5.96. The summed E-state index contributed by atoms with van der Waals surface area (Å²) in [5.41, 5.74) is 7.58. The van der Waals surface area contributed by atoms with Crippen molar-refractivity contribution >= 4 is 11.3 Å². The van der Waals surface area contributed by atoms with Crippen molar-refractivity contribution in [3.8, 4) is 22.8 Å². The number of rotatable bonds is 8. The second-order valence-corrected chi connectivity index (χ2v) is 5.63. The van der Waals surface area contributed by atoms with E-state index in [1.807, 2.05) is 23.6 Å². The van der Waals surface area contributed by atoms with Gasteiger partial charge in [-0.05, 0) is 31.0 Å². The molecule has 0 aliphatic carbocycles. The molecule has 0 saturated heterocycles. The molecule has 5 heteroatoms. The van der Waals surface area contributed by atoms with Crippen LogP contribution in [0.3, 0.4) is 0 Å². The summed E-state index contributed by atoms with van der Waals surface area (Å²) in [7, 11) is 0. The van der Waals surface area contributed by atoms with Crippen LogP contribution in [0.2, 0.25) is 0 Å². The molecule has 2 aromatic rings. The standard InChI is InChI=1S/C16H22N2O2S/c1-3-7-19-14-6-5-12(9-15(14)20-8-4-2)13-11-21-16(10-17)18-13/h5-6,9,11H,3-4,7-8,10,17H2,1-2H3. The molecule has 0 radical (unpaired) electrons. The molecule has 0 spiro atoms. The Kier molecular flexibility index (Phi) is 6.02. The molecule has 2 rings (SSSR count). The first-order valence-electron chi connectivity index (χ1n) is 7.33. The van der Waals surface area contributed by atoms with Gasteiger partial charge in [-0.2, -0.15) is 0 Å². The van der Waals surface area contributed by atoms with Crippen molar-refractivity contribution in [2.45, 2.75) is 33.2 Å². The van der Waals surface area contributed by atoms with E-state index < -0.39 is 0 Å². The van der Waals surface area contributed by atoms with Gasteiger partial charge in [-0.25, -0.2) is 4.98 Å². The molecule has 1 heterocycles. The largest absolute Gasteiger partial charge is 0.490 e. The number of benzene rings is 1. The molecular weight excluding hydrogens is 284 g/mol. The highest BCUT2D eigenvalue weighted by Crippen LogP contribution is 2.33. The number of nitrogens with zero attached hydrogens (tertiary/aromatic N) is 1. The Bertz CT molecular complexity index is 569. The van der Waals surface area contributed by atoms with Crippen LogP contribution in [0, 0.1) is 0 Å². The Morgan fingerprint density at radius 1 is 1.10 bits per heavy atom. The highest BCUT2D eigenvalue weighted by atomic mass is 32.1. The molecule has 0 atom stereocenters. The van der Waals surface area contributed by atoms with Crippen LogP contribution in [0.4, 0.5) is 0 Å². The third kappa shape index (κ3) is 4.19. The summed E-state index contributed by atoms with van der Waals surface area (Å²) in [6.07, 6.45) is 1.94. The zero-order chi connectivity index (χ0) is 15.1. The fourth-order valence-electron chi connectivity index (χ4n) is 1.86. The topological polar surface area (TPSA) is 57.4 Å². The van der Waals surface area contributed by atoms with Gasteiger partial charge in [-0.15, -0.1) is 11.3 Å². The molecule has 1 aromatic carbocycles. The van der Waals surface area contributed by atoms with Crippen molar-refractivity contribution in [1.29, 1.82) is 0 Å². The van der Waals surface area contributed by atoms with Crippen molar-refractivity contribution < 1.29 is 9.47 Å². The Morgan fingerprint density at radius 2 is 1.81 bits per heavy atom. The van der Waals surface area contributed by atoms with E-state index in [-0.39, 0.29) is 0 Å². The van der Waals surface area contributed by atoms with E-state index >= 15 is 0 Å². The number of ether oxygens (including phenoxy) is 2. The molecule has 1 aromatic heterocycles. The maximum atomic E-state index is 5.80. The maximum absolute atomic E-state index is 5.80. The van der Waals surface area contributed by atoms with E-state index in [0.29, 0.717) is 19.8 Å². The van der Waals surface area contributed by atoms with E-state index in [1.54, 1.807) is 11.3 Å². The summed E-state index contributed by atoms with van der Waals surface area (Å²) in [5, 5.41) is 2.96. The van der Waals surface area contributed by atoms with Crippen LogP contribution in [0.15, 0.2) is 23.6 Å². The van der Waals surface area contributed by atoms with E-state index in [9.17, 15) is 0 Å². The molecule has 0 bridgehead atoms. The summed E-state index contributed by atoms with van der Waals surface area (Å²) >= 11 is 1.58. The molecule has 0 amide bonds. The molecular formula is C16H22N2O2S. The van der Waals surface area contributed by atoms with Crippen LogP contribution >= 0.6 is 11.3 Å². The number of aromatic nitrogens is 1. The third-order valence-electron chi connectivity index (χ3n) is 2.89. The number of nitrogens with two attached hydrogens (primary N) is 1. The molecule has 2 N–H and O–H groups in total. The summed E-state index contributed by atoms with van der Waals surface area (Å²) in [5.74, 6) is 1.58. The average molecular weight is 306 g/mol. The van der Waals surface area contributed by atoms with Crippen molar-refractivity contribution in [3.05, 3.63) is 28.6 Å². The van der Waals surface area contributed by atoms with Crippen molar-refractivity contribution in [2.75, 3.05) is 13.2 Å². The molecule has 0 aliphatic heterocycles. The van der Waals surface area contributed by atoms with Gasteiger partial charge in [-0.3, -0.25) is 0 Å². The minimum Gasteiger partial charge on any atom is -0.490 e. The predicted octanol–water partition coefficient (Wildman–Crippen LogP) is 3.85. The SMILES string of the molecule is CCCOc1ccc(-c2csc(CN)n2)cc1OCCC. The van der Waals surface area contributed by atoms with Crippen LogP contribution in [-0.2, 0) is 6.54 Å². The average Bonchev–Trinajstić information content (AvgIpc) is 3.00. The monoisotopic (exact) mass is 306 g/mol. The quantitative estimate of drug-likeness (QED) is 0.805. The van der Waals surface area contributed by atoms with Crippen LogP contribution in [0.1, 0.15) is 31.7 Å². The zero-order valence-electron chi connectivity index (χ0n) is 12.6. The van der Waals surface area contributed by atoms with Gasteiger partial charge in [0.05, 0.1) is 18.9 Å². The molecule has 0 unspecified atom stereocenters. The minimum atomic E-state index is 0.474. The van der Waals surface area contributed by atoms with Gasteiger partial charge in [0.25, 0.3) is 0 Å². The molecule has 114 valence electrons. The van der Waals surface area contributed by atoms with Gasteiger partial charge in [0, 0.05) is 17.5 Å². The normalized spacial score (nSPS) is 10.6. The van der Waals surface area contributed by atoms with Crippen molar-refractivity contribution in [3.63, 3.8) is 0 Å². The maximum Gasteiger partial charge on any atom is 0.161 e. The van der Waals surface area contributed by atoms with Crippen LogP contribution in [0.25, 0.3) is 11.3 Å². The van der Waals surface area contributed by atoms with E-state index in [0.717, 1.165) is 40.6 Å². The smallest absolute Gasteiger partial charge is 0.161 e. The fourth-order valence-corrected chi connectivity index (χ4v) is 2.54. The van der Waals surface area contributed by atoms with E-state index in [4.69, 9.17) is 15.2 Å². The first-order chi connectivity index (χ1) is 10.3. The van der Waals surface area contributed by atoms with Crippen molar-refractivity contribution in [2.24, 2.45) is 5.73 Å². The molecule has 21 heavy (non-hydrogen) atoms. The predicted molar refractivity (Wildman–Crippen MR) is 87.0 cm³/mol. The molecule has 0 saturated carbocycles. The van der Waals surface area contributed by atoms with E-state index in [2.05, 4.69) is 18.8 Å². The highest BCUT2D eigenvalue weighted by Gasteiger charge is 2.10. The molecule has 0 fully saturated rings. The summed E-state index contributed by atoms with van der Waals surface area (Å²) in [6.45, 7) is 6.02. The Labute approximate surface area is 129 Å². The highest BCUT2D eigenvalue weighted by molar-refractivity contribution is 7.09.